The van der Waals surface area contributed by atoms with Crippen LogP contribution in [0.3, 0.4) is 0 Å². The SMILES string of the molecule is CCNC(C)c1nnnn1CC1CCCO1. The van der Waals surface area contributed by atoms with Crippen LogP contribution < -0.4 is 5.32 Å². The van der Waals surface area contributed by atoms with E-state index in [1.54, 1.807) is 0 Å². The van der Waals surface area contributed by atoms with E-state index in [1.165, 1.54) is 0 Å². The van der Waals surface area contributed by atoms with Crippen LogP contribution in [0.2, 0.25) is 0 Å². The van der Waals surface area contributed by atoms with Gasteiger partial charge in [-0.05, 0) is 36.7 Å². The van der Waals surface area contributed by atoms with Gasteiger partial charge in [-0.25, -0.2) is 4.68 Å². The summed E-state index contributed by atoms with van der Waals surface area (Å²) >= 11 is 0. The van der Waals surface area contributed by atoms with Gasteiger partial charge in [-0.2, -0.15) is 0 Å². The highest BCUT2D eigenvalue weighted by Gasteiger charge is 2.20. The molecule has 1 aromatic heterocycles. The summed E-state index contributed by atoms with van der Waals surface area (Å²) in [6, 6.07) is 0.182. The summed E-state index contributed by atoms with van der Waals surface area (Å²) in [5.74, 6) is 0.886. The Bertz CT molecular complexity index is 321. The van der Waals surface area contributed by atoms with Crippen molar-refractivity contribution in [3.8, 4) is 0 Å². The Morgan fingerprint density at radius 3 is 3.19 bits per heavy atom. The second-order valence-corrected chi connectivity index (χ2v) is 4.13. The fourth-order valence-electron chi connectivity index (χ4n) is 2.03. The predicted molar refractivity (Wildman–Crippen MR) is 58.9 cm³/mol. The van der Waals surface area contributed by atoms with Crippen molar-refractivity contribution < 1.29 is 4.74 Å². The quantitative estimate of drug-likeness (QED) is 0.791. The van der Waals surface area contributed by atoms with E-state index in [4.69, 9.17) is 4.74 Å². The van der Waals surface area contributed by atoms with E-state index in [0.717, 1.165) is 38.4 Å². The highest BCUT2D eigenvalue weighted by atomic mass is 16.5. The first-order valence-corrected chi connectivity index (χ1v) is 5.92. The summed E-state index contributed by atoms with van der Waals surface area (Å²) in [6.45, 7) is 6.68. The van der Waals surface area contributed by atoms with Gasteiger partial charge >= 0.3 is 0 Å². The van der Waals surface area contributed by atoms with E-state index in [1.807, 2.05) is 4.68 Å². The third-order valence-electron chi connectivity index (χ3n) is 2.86. The van der Waals surface area contributed by atoms with Crippen molar-refractivity contribution in [2.45, 2.75) is 45.4 Å². The van der Waals surface area contributed by atoms with Gasteiger partial charge < -0.3 is 10.1 Å². The number of ether oxygens (including phenoxy) is 1. The van der Waals surface area contributed by atoms with Crippen molar-refractivity contribution in [3.63, 3.8) is 0 Å². The predicted octanol–water partition coefficient (Wildman–Crippen LogP) is 0.523. The monoisotopic (exact) mass is 225 g/mol. The van der Waals surface area contributed by atoms with Crippen LogP contribution in [-0.4, -0.2) is 39.5 Å². The van der Waals surface area contributed by atoms with Gasteiger partial charge in [0.2, 0.25) is 0 Å². The van der Waals surface area contributed by atoms with Crippen molar-refractivity contribution in [1.82, 2.24) is 25.5 Å². The van der Waals surface area contributed by atoms with Gasteiger partial charge in [0.05, 0.1) is 18.7 Å². The second kappa shape index (κ2) is 5.36. The van der Waals surface area contributed by atoms with Gasteiger partial charge in [0.25, 0.3) is 0 Å². The summed E-state index contributed by atoms with van der Waals surface area (Å²) < 4.78 is 7.43. The smallest absolute Gasteiger partial charge is 0.168 e. The van der Waals surface area contributed by atoms with Gasteiger partial charge in [-0.15, -0.1) is 5.10 Å². The number of nitrogens with one attached hydrogen (secondary N) is 1. The number of aromatic nitrogens is 4. The lowest BCUT2D eigenvalue weighted by molar-refractivity contribution is 0.0922. The summed E-state index contributed by atoms with van der Waals surface area (Å²) in [7, 11) is 0. The third kappa shape index (κ3) is 2.56. The van der Waals surface area contributed by atoms with Crippen LogP contribution in [0, 0.1) is 0 Å². The van der Waals surface area contributed by atoms with Crippen molar-refractivity contribution in [2.75, 3.05) is 13.2 Å². The molecular formula is C10H19N5O. The minimum Gasteiger partial charge on any atom is -0.376 e. The first kappa shape index (κ1) is 11.5. The minimum atomic E-state index is 0.182. The Morgan fingerprint density at radius 1 is 1.62 bits per heavy atom. The zero-order valence-electron chi connectivity index (χ0n) is 9.89. The molecule has 16 heavy (non-hydrogen) atoms. The molecule has 0 aromatic carbocycles. The van der Waals surface area contributed by atoms with E-state index in [-0.39, 0.29) is 12.1 Å². The molecule has 2 heterocycles. The molecular weight excluding hydrogens is 206 g/mol. The van der Waals surface area contributed by atoms with Gasteiger partial charge in [0.1, 0.15) is 0 Å². The number of hydrogen-bond acceptors (Lipinski definition) is 5. The molecule has 1 saturated heterocycles. The summed E-state index contributed by atoms with van der Waals surface area (Å²) in [5.41, 5.74) is 0. The number of rotatable bonds is 5. The fourth-order valence-corrected chi connectivity index (χ4v) is 2.03. The van der Waals surface area contributed by atoms with Gasteiger partial charge in [-0.3, -0.25) is 0 Å². The summed E-state index contributed by atoms with van der Waals surface area (Å²) in [4.78, 5) is 0. The Hall–Kier alpha value is -1.01. The molecule has 1 fully saturated rings. The highest BCUT2D eigenvalue weighted by molar-refractivity contribution is 4.90. The Balaban J connectivity index is 2.00. The molecule has 6 nitrogen and oxygen atoms in total. The van der Waals surface area contributed by atoms with Crippen molar-refractivity contribution >= 4 is 0 Å². The minimum absolute atomic E-state index is 0.182. The maximum absolute atomic E-state index is 5.58. The van der Waals surface area contributed by atoms with Crippen LogP contribution >= 0.6 is 0 Å². The third-order valence-corrected chi connectivity index (χ3v) is 2.86. The van der Waals surface area contributed by atoms with Crippen LogP contribution in [0.5, 0.6) is 0 Å². The van der Waals surface area contributed by atoms with Crippen LogP contribution in [0.4, 0.5) is 0 Å². The summed E-state index contributed by atoms with van der Waals surface area (Å²) in [6.07, 6.45) is 2.52. The molecule has 0 aliphatic carbocycles. The van der Waals surface area contributed by atoms with Crippen LogP contribution in [0.1, 0.15) is 38.6 Å². The zero-order valence-corrected chi connectivity index (χ0v) is 9.89. The summed E-state index contributed by atoms with van der Waals surface area (Å²) in [5, 5.41) is 15.1. The maximum Gasteiger partial charge on any atom is 0.168 e. The molecule has 2 unspecified atom stereocenters. The Labute approximate surface area is 95.4 Å². The first-order chi connectivity index (χ1) is 7.81. The molecule has 90 valence electrons. The number of nitrogens with zero attached hydrogens (tertiary/aromatic N) is 4. The molecule has 6 heteroatoms. The largest absolute Gasteiger partial charge is 0.376 e. The molecule has 0 radical (unpaired) electrons. The molecule has 1 N–H and O–H groups in total. The van der Waals surface area contributed by atoms with Crippen molar-refractivity contribution in [2.24, 2.45) is 0 Å². The van der Waals surface area contributed by atoms with Crippen LogP contribution in [0.25, 0.3) is 0 Å². The molecule has 0 amide bonds. The van der Waals surface area contributed by atoms with Gasteiger partial charge in [0.15, 0.2) is 5.82 Å². The number of hydrogen-bond donors (Lipinski definition) is 1. The first-order valence-electron chi connectivity index (χ1n) is 5.92. The average molecular weight is 225 g/mol. The van der Waals surface area contributed by atoms with E-state index in [0.29, 0.717) is 0 Å². The van der Waals surface area contributed by atoms with Gasteiger partial charge in [0, 0.05) is 6.61 Å². The van der Waals surface area contributed by atoms with Crippen LogP contribution in [-0.2, 0) is 11.3 Å². The molecule has 1 aliphatic rings. The lowest BCUT2D eigenvalue weighted by Gasteiger charge is -2.14. The number of tetrazole rings is 1. The second-order valence-electron chi connectivity index (χ2n) is 4.13. The Kier molecular flexibility index (Phi) is 3.84. The zero-order chi connectivity index (χ0) is 11.4. The van der Waals surface area contributed by atoms with E-state index < -0.39 is 0 Å². The van der Waals surface area contributed by atoms with E-state index >= 15 is 0 Å². The van der Waals surface area contributed by atoms with E-state index in [9.17, 15) is 0 Å². The fraction of sp³-hybridized carbons (Fsp3) is 0.900. The standard InChI is InChI=1S/C10H19N5O/c1-3-11-8(2)10-12-13-14-15(10)7-9-5-4-6-16-9/h8-9,11H,3-7H2,1-2H3. The van der Waals surface area contributed by atoms with Crippen molar-refractivity contribution in [1.29, 1.82) is 0 Å². The van der Waals surface area contributed by atoms with Crippen molar-refractivity contribution in [3.05, 3.63) is 5.82 Å². The lowest BCUT2D eigenvalue weighted by atomic mass is 10.2. The van der Waals surface area contributed by atoms with E-state index in [2.05, 4.69) is 34.7 Å². The molecule has 0 bridgehead atoms. The molecule has 1 aliphatic heterocycles. The maximum atomic E-state index is 5.58. The highest BCUT2D eigenvalue weighted by Crippen LogP contribution is 2.15. The molecule has 2 atom stereocenters. The average Bonchev–Trinajstić information content (AvgIpc) is 2.90. The topological polar surface area (TPSA) is 64.9 Å². The normalized spacial score (nSPS) is 22.5. The lowest BCUT2D eigenvalue weighted by Crippen LogP contribution is -2.25. The van der Waals surface area contributed by atoms with Crippen LogP contribution in [0.15, 0.2) is 0 Å². The molecule has 2 rings (SSSR count). The Morgan fingerprint density at radius 2 is 2.50 bits per heavy atom. The van der Waals surface area contributed by atoms with Gasteiger partial charge in [-0.1, -0.05) is 6.92 Å². The molecule has 0 saturated carbocycles. The molecule has 0 spiro atoms. The molecule has 1 aromatic rings.